The van der Waals surface area contributed by atoms with E-state index in [0.717, 1.165) is 12.8 Å². The Hall–Kier alpha value is -2.01. The van der Waals surface area contributed by atoms with E-state index in [9.17, 15) is 13.4 Å². The molecule has 0 bridgehead atoms. The standard InChI is InChI=1S/C18H18FNO2S/c1-23(22)16-10-6-13(7-11-16)18(21)20(15-8-9-15)12-14-4-2-3-5-17(14)19/h2-7,10-11,15H,8-9,12H2,1H3/t23-/m0/s1. The molecule has 23 heavy (non-hydrogen) atoms. The zero-order valence-corrected chi connectivity index (χ0v) is 13.7. The van der Waals surface area contributed by atoms with Crippen molar-refractivity contribution in [1.82, 2.24) is 4.90 Å². The lowest BCUT2D eigenvalue weighted by Crippen LogP contribution is -2.32. The van der Waals surface area contributed by atoms with Crippen molar-refractivity contribution >= 4 is 16.7 Å². The van der Waals surface area contributed by atoms with Crippen molar-refractivity contribution in [2.75, 3.05) is 6.26 Å². The van der Waals surface area contributed by atoms with Crippen molar-refractivity contribution in [2.24, 2.45) is 0 Å². The predicted octanol–water partition coefficient (Wildman–Crippen LogP) is 3.37. The van der Waals surface area contributed by atoms with Crippen molar-refractivity contribution in [3.05, 3.63) is 65.5 Å². The molecule has 1 fully saturated rings. The number of nitrogens with zero attached hydrogens (tertiary/aromatic N) is 1. The van der Waals surface area contributed by atoms with Crippen LogP contribution in [0.1, 0.15) is 28.8 Å². The number of amides is 1. The summed E-state index contributed by atoms with van der Waals surface area (Å²) in [4.78, 5) is 15.2. The molecule has 3 rings (SSSR count). The fraction of sp³-hybridized carbons (Fsp3) is 0.278. The van der Waals surface area contributed by atoms with Crippen LogP contribution in [0.15, 0.2) is 53.4 Å². The first-order valence-electron chi connectivity index (χ1n) is 7.54. The highest BCUT2D eigenvalue weighted by molar-refractivity contribution is 7.84. The summed E-state index contributed by atoms with van der Waals surface area (Å²) in [6, 6.07) is 13.5. The van der Waals surface area contributed by atoms with Gasteiger partial charge in [-0.15, -0.1) is 0 Å². The lowest BCUT2D eigenvalue weighted by atomic mass is 10.1. The van der Waals surface area contributed by atoms with Gasteiger partial charge in [0, 0.05) is 45.7 Å². The van der Waals surface area contributed by atoms with E-state index in [0.29, 0.717) is 16.0 Å². The van der Waals surface area contributed by atoms with Crippen molar-refractivity contribution in [1.29, 1.82) is 0 Å². The Kier molecular flexibility index (Phi) is 4.57. The van der Waals surface area contributed by atoms with Crippen molar-refractivity contribution in [2.45, 2.75) is 30.3 Å². The number of carbonyl (C=O) groups excluding carboxylic acids is 1. The minimum atomic E-state index is -1.07. The van der Waals surface area contributed by atoms with Gasteiger partial charge < -0.3 is 4.90 Å². The van der Waals surface area contributed by atoms with Gasteiger partial charge in [0.05, 0.1) is 0 Å². The SMILES string of the molecule is C[S@](=O)c1ccc(C(=O)N(Cc2ccccc2F)C2CC2)cc1. The molecule has 1 saturated carbocycles. The molecule has 1 aliphatic rings. The summed E-state index contributed by atoms with van der Waals surface area (Å²) >= 11 is 0. The Balaban J connectivity index is 1.82. The molecule has 1 atom stereocenters. The van der Waals surface area contributed by atoms with Crippen LogP contribution in [0.3, 0.4) is 0 Å². The van der Waals surface area contributed by atoms with Crippen LogP contribution in [-0.4, -0.2) is 27.3 Å². The van der Waals surface area contributed by atoms with Gasteiger partial charge in [0.2, 0.25) is 0 Å². The van der Waals surface area contributed by atoms with E-state index in [1.807, 2.05) is 0 Å². The topological polar surface area (TPSA) is 37.4 Å². The molecule has 0 radical (unpaired) electrons. The van der Waals surface area contributed by atoms with Gasteiger partial charge in [-0.05, 0) is 43.2 Å². The van der Waals surface area contributed by atoms with Crippen molar-refractivity contribution in [3.63, 3.8) is 0 Å². The molecule has 3 nitrogen and oxygen atoms in total. The fourth-order valence-electron chi connectivity index (χ4n) is 2.52. The van der Waals surface area contributed by atoms with Crippen LogP contribution in [0.5, 0.6) is 0 Å². The molecule has 120 valence electrons. The molecule has 0 aromatic heterocycles. The second-order valence-corrected chi connectivity index (χ2v) is 7.11. The summed E-state index contributed by atoms with van der Waals surface area (Å²) in [5, 5.41) is 0. The maximum atomic E-state index is 13.9. The van der Waals surface area contributed by atoms with Gasteiger partial charge in [-0.25, -0.2) is 4.39 Å². The quantitative estimate of drug-likeness (QED) is 0.842. The second-order valence-electron chi connectivity index (χ2n) is 5.73. The zero-order valence-electron chi connectivity index (χ0n) is 12.9. The van der Waals surface area contributed by atoms with Crippen LogP contribution in [0.25, 0.3) is 0 Å². The zero-order chi connectivity index (χ0) is 16.4. The highest BCUT2D eigenvalue weighted by Crippen LogP contribution is 2.30. The second kappa shape index (κ2) is 6.62. The van der Waals surface area contributed by atoms with Gasteiger partial charge in [0.1, 0.15) is 5.82 Å². The minimum Gasteiger partial charge on any atom is -0.331 e. The van der Waals surface area contributed by atoms with Crippen LogP contribution < -0.4 is 0 Å². The van der Waals surface area contributed by atoms with Crippen molar-refractivity contribution < 1.29 is 13.4 Å². The molecule has 5 heteroatoms. The first-order chi connectivity index (χ1) is 11.1. The number of halogens is 1. The Morgan fingerprint density at radius 3 is 2.39 bits per heavy atom. The summed E-state index contributed by atoms with van der Waals surface area (Å²) in [5.74, 6) is -0.396. The summed E-state index contributed by atoms with van der Waals surface area (Å²) in [6.45, 7) is 0.275. The van der Waals surface area contributed by atoms with E-state index in [4.69, 9.17) is 0 Å². The van der Waals surface area contributed by atoms with Crippen LogP contribution in [0, 0.1) is 5.82 Å². The van der Waals surface area contributed by atoms with Gasteiger partial charge in [0.15, 0.2) is 0 Å². The molecule has 0 heterocycles. The van der Waals surface area contributed by atoms with E-state index in [1.165, 1.54) is 6.07 Å². The van der Waals surface area contributed by atoms with Crippen molar-refractivity contribution in [3.8, 4) is 0 Å². The monoisotopic (exact) mass is 331 g/mol. The number of hydrogen-bond donors (Lipinski definition) is 0. The molecule has 2 aromatic carbocycles. The largest absolute Gasteiger partial charge is 0.331 e. The molecule has 0 N–H and O–H groups in total. The third-order valence-corrected chi connectivity index (χ3v) is 4.92. The average Bonchev–Trinajstić information content (AvgIpc) is 3.38. The van der Waals surface area contributed by atoms with Gasteiger partial charge >= 0.3 is 0 Å². The highest BCUT2D eigenvalue weighted by Gasteiger charge is 2.33. The molecule has 0 spiro atoms. The van der Waals surface area contributed by atoms with E-state index >= 15 is 0 Å². The Morgan fingerprint density at radius 2 is 1.83 bits per heavy atom. The van der Waals surface area contributed by atoms with Crippen LogP contribution in [0.2, 0.25) is 0 Å². The van der Waals surface area contributed by atoms with Crippen LogP contribution in [0.4, 0.5) is 4.39 Å². The van der Waals surface area contributed by atoms with E-state index in [-0.39, 0.29) is 24.3 Å². The first kappa shape index (κ1) is 15.9. The fourth-order valence-corrected chi connectivity index (χ4v) is 3.04. The summed E-state index contributed by atoms with van der Waals surface area (Å²) < 4.78 is 25.3. The van der Waals surface area contributed by atoms with E-state index in [2.05, 4.69) is 0 Å². The van der Waals surface area contributed by atoms with Gasteiger partial charge in [-0.2, -0.15) is 0 Å². The van der Waals surface area contributed by atoms with E-state index < -0.39 is 10.8 Å². The van der Waals surface area contributed by atoms with Gasteiger partial charge in [-0.1, -0.05) is 18.2 Å². The molecule has 0 unspecified atom stereocenters. The lowest BCUT2D eigenvalue weighted by Gasteiger charge is -2.23. The smallest absolute Gasteiger partial charge is 0.254 e. The number of carbonyl (C=O) groups is 1. The molecule has 1 aliphatic carbocycles. The normalized spacial score (nSPS) is 15.2. The Morgan fingerprint density at radius 1 is 1.17 bits per heavy atom. The average molecular weight is 331 g/mol. The molecule has 2 aromatic rings. The van der Waals surface area contributed by atoms with Crippen LogP contribution >= 0.6 is 0 Å². The highest BCUT2D eigenvalue weighted by atomic mass is 32.2. The minimum absolute atomic E-state index is 0.107. The molecule has 0 saturated heterocycles. The third kappa shape index (κ3) is 3.67. The molecule has 0 aliphatic heterocycles. The Bertz CT molecular complexity index is 741. The summed E-state index contributed by atoms with van der Waals surface area (Å²) in [5.41, 5.74) is 1.07. The number of rotatable bonds is 5. The van der Waals surface area contributed by atoms with Crippen LogP contribution in [-0.2, 0) is 17.3 Å². The van der Waals surface area contributed by atoms with Gasteiger partial charge in [0.25, 0.3) is 5.91 Å². The molecule has 1 amide bonds. The van der Waals surface area contributed by atoms with Gasteiger partial charge in [-0.3, -0.25) is 9.00 Å². The molecular weight excluding hydrogens is 313 g/mol. The van der Waals surface area contributed by atoms with E-state index in [1.54, 1.807) is 53.6 Å². The maximum absolute atomic E-state index is 13.9. The predicted molar refractivity (Wildman–Crippen MR) is 88.1 cm³/mol. The lowest BCUT2D eigenvalue weighted by molar-refractivity contribution is 0.0728. The molecular formula is C18H18FNO2S. The number of benzene rings is 2. The first-order valence-corrected chi connectivity index (χ1v) is 9.10. The summed E-state index contributed by atoms with van der Waals surface area (Å²) in [6.07, 6.45) is 3.51. The Labute approximate surface area is 137 Å². The number of hydrogen-bond acceptors (Lipinski definition) is 2. The maximum Gasteiger partial charge on any atom is 0.254 e. The third-order valence-electron chi connectivity index (χ3n) is 3.98. The summed E-state index contributed by atoms with van der Waals surface area (Å²) in [7, 11) is -1.07.